The fourth-order valence-electron chi connectivity index (χ4n) is 3.88. The molecule has 4 rings (SSSR count). The Hall–Kier alpha value is -3.32. The fraction of sp³-hybridized carbons (Fsp3) is 0.269. The van der Waals surface area contributed by atoms with Gasteiger partial charge in [-0.1, -0.05) is 19.1 Å². The highest BCUT2D eigenvalue weighted by atomic mass is 32.1. The molecule has 1 aromatic heterocycles. The predicted octanol–water partition coefficient (Wildman–Crippen LogP) is 6.19. The van der Waals surface area contributed by atoms with E-state index in [9.17, 15) is 14.0 Å². The summed E-state index contributed by atoms with van der Waals surface area (Å²) in [4.78, 5) is 30.9. The van der Waals surface area contributed by atoms with E-state index < -0.39 is 5.97 Å². The first kappa shape index (κ1) is 22.9. The van der Waals surface area contributed by atoms with Crippen LogP contribution in [0.2, 0.25) is 0 Å². The highest BCUT2D eigenvalue weighted by Gasteiger charge is 2.27. The number of rotatable bonds is 6. The van der Waals surface area contributed by atoms with Crippen LogP contribution < -0.4 is 5.32 Å². The summed E-state index contributed by atoms with van der Waals surface area (Å²) in [5.41, 5.74) is 3.26. The maximum Gasteiger partial charge on any atom is 0.338 e. The van der Waals surface area contributed by atoms with Crippen LogP contribution in [0.5, 0.6) is 0 Å². The van der Waals surface area contributed by atoms with Crippen LogP contribution in [-0.2, 0) is 17.6 Å². The van der Waals surface area contributed by atoms with Gasteiger partial charge in [0.2, 0.25) is 0 Å². The summed E-state index contributed by atoms with van der Waals surface area (Å²) < 4.78 is 18.5. The zero-order valence-electron chi connectivity index (χ0n) is 18.6. The van der Waals surface area contributed by atoms with Crippen LogP contribution >= 0.6 is 11.3 Å². The van der Waals surface area contributed by atoms with E-state index in [1.807, 2.05) is 0 Å². The van der Waals surface area contributed by atoms with E-state index >= 15 is 0 Å². The summed E-state index contributed by atoms with van der Waals surface area (Å²) in [7, 11) is 0. The second kappa shape index (κ2) is 10.1. The first-order valence-corrected chi connectivity index (χ1v) is 11.8. The van der Waals surface area contributed by atoms with Gasteiger partial charge >= 0.3 is 5.97 Å². The van der Waals surface area contributed by atoms with Crippen LogP contribution in [0.15, 0.2) is 53.5 Å². The first-order chi connectivity index (χ1) is 15.9. The lowest BCUT2D eigenvalue weighted by atomic mass is 9.88. The van der Waals surface area contributed by atoms with Crippen molar-refractivity contribution in [3.8, 4) is 0 Å². The monoisotopic (exact) mass is 464 g/mol. The smallest absolute Gasteiger partial charge is 0.338 e. The van der Waals surface area contributed by atoms with Gasteiger partial charge in [-0.2, -0.15) is 0 Å². The third-order valence-electron chi connectivity index (χ3n) is 5.55. The lowest BCUT2D eigenvalue weighted by Crippen LogP contribution is -2.16. The molecule has 170 valence electrons. The van der Waals surface area contributed by atoms with Crippen LogP contribution in [0, 0.1) is 11.7 Å². The van der Waals surface area contributed by atoms with Crippen molar-refractivity contribution in [2.24, 2.45) is 10.9 Å². The number of benzene rings is 2. The standard InChI is InChI=1S/C26H25FN2O3S/c1-3-32-26(31)18-8-10-20(11-9-18)29-24(30)23-21-12-7-16(2)13-22(21)33-25(23)28-15-17-5-4-6-19(27)14-17/h4-6,8-11,14-16H,3,7,12-13H2,1-2H3,(H,29,30)/t16-/m1/s1. The normalized spacial score (nSPS) is 15.3. The van der Waals surface area contributed by atoms with Crippen LogP contribution in [0.25, 0.3) is 0 Å². The van der Waals surface area contributed by atoms with Crippen molar-refractivity contribution < 1.29 is 18.7 Å². The molecule has 33 heavy (non-hydrogen) atoms. The van der Waals surface area contributed by atoms with E-state index in [1.165, 1.54) is 28.3 Å². The molecule has 0 aliphatic heterocycles. The van der Waals surface area contributed by atoms with Crippen molar-refractivity contribution in [1.29, 1.82) is 0 Å². The molecule has 1 N–H and O–H groups in total. The van der Waals surface area contributed by atoms with Gasteiger partial charge in [-0.3, -0.25) is 4.79 Å². The molecule has 0 unspecified atom stereocenters. The Morgan fingerprint density at radius 2 is 2.03 bits per heavy atom. The van der Waals surface area contributed by atoms with E-state index in [2.05, 4.69) is 17.2 Å². The minimum Gasteiger partial charge on any atom is -0.462 e. The molecule has 0 bridgehead atoms. The molecule has 1 atom stereocenters. The van der Waals surface area contributed by atoms with E-state index in [0.717, 1.165) is 24.8 Å². The summed E-state index contributed by atoms with van der Waals surface area (Å²) in [5.74, 6) is -0.410. The van der Waals surface area contributed by atoms with Gasteiger partial charge in [-0.25, -0.2) is 14.2 Å². The van der Waals surface area contributed by atoms with Crippen molar-refractivity contribution in [1.82, 2.24) is 0 Å². The summed E-state index contributed by atoms with van der Waals surface area (Å²) in [6.45, 7) is 4.27. The topological polar surface area (TPSA) is 67.8 Å². The highest BCUT2D eigenvalue weighted by molar-refractivity contribution is 7.16. The number of ether oxygens (including phenoxy) is 1. The van der Waals surface area contributed by atoms with Crippen LogP contribution in [-0.4, -0.2) is 24.7 Å². The summed E-state index contributed by atoms with van der Waals surface area (Å²) >= 11 is 1.53. The lowest BCUT2D eigenvalue weighted by molar-refractivity contribution is 0.0526. The predicted molar refractivity (Wildman–Crippen MR) is 130 cm³/mol. The molecular weight excluding hydrogens is 439 g/mol. The Bertz CT molecular complexity index is 1200. The number of halogens is 1. The molecule has 7 heteroatoms. The Morgan fingerprint density at radius 3 is 2.76 bits per heavy atom. The first-order valence-electron chi connectivity index (χ1n) is 11.0. The molecule has 0 saturated carbocycles. The number of hydrogen-bond acceptors (Lipinski definition) is 5. The lowest BCUT2D eigenvalue weighted by Gasteiger charge is -2.18. The van der Waals surface area contributed by atoms with Crippen LogP contribution in [0.3, 0.4) is 0 Å². The summed E-state index contributed by atoms with van der Waals surface area (Å²) in [6, 6.07) is 12.8. The minimum absolute atomic E-state index is 0.239. The number of esters is 1. The number of aliphatic imine (C=N–C) groups is 1. The van der Waals surface area contributed by atoms with Crippen molar-refractivity contribution in [2.45, 2.75) is 33.1 Å². The number of thiophene rings is 1. The average molecular weight is 465 g/mol. The van der Waals surface area contributed by atoms with Crippen molar-refractivity contribution in [2.75, 3.05) is 11.9 Å². The largest absolute Gasteiger partial charge is 0.462 e. The van der Waals surface area contributed by atoms with Crippen LogP contribution in [0.1, 0.15) is 57.0 Å². The third-order valence-corrected chi connectivity index (χ3v) is 6.72. The molecule has 1 heterocycles. The number of fused-ring (bicyclic) bond motifs is 1. The third kappa shape index (κ3) is 5.37. The Morgan fingerprint density at radius 1 is 1.24 bits per heavy atom. The molecule has 1 amide bonds. The van der Waals surface area contributed by atoms with Crippen molar-refractivity contribution >= 4 is 40.1 Å². The number of nitrogens with one attached hydrogen (secondary N) is 1. The van der Waals surface area contributed by atoms with Gasteiger partial charge in [0.1, 0.15) is 10.8 Å². The number of carbonyl (C=O) groups is 2. The number of carbonyl (C=O) groups excluding carboxylic acids is 2. The molecule has 0 spiro atoms. The van der Waals surface area contributed by atoms with E-state index in [1.54, 1.807) is 49.5 Å². The van der Waals surface area contributed by atoms with Crippen molar-refractivity contribution in [3.05, 3.63) is 81.5 Å². The zero-order chi connectivity index (χ0) is 23.4. The van der Waals surface area contributed by atoms with E-state index in [-0.39, 0.29) is 11.7 Å². The molecule has 2 aromatic carbocycles. The van der Waals surface area contributed by atoms with E-state index in [0.29, 0.717) is 39.9 Å². The fourth-order valence-corrected chi connectivity index (χ4v) is 5.23. The number of hydrogen-bond donors (Lipinski definition) is 1. The molecule has 1 aliphatic carbocycles. The van der Waals surface area contributed by atoms with E-state index in [4.69, 9.17) is 4.74 Å². The molecule has 0 fully saturated rings. The molecule has 5 nitrogen and oxygen atoms in total. The maximum atomic E-state index is 13.5. The summed E-state index contributed by atoms with van der Waals surface area (Å²) in [5, 5.41) is 3.56. The quantitative estimate of drug-likeness (QED) is 0.349. The summed E-state index contributed by atoms with van der Waals surface area (Å²) in [6.07, 6.45) is 4.36. The van der Waals surface area contributed by atoms with Gasteiger partial charge in [0.15, 0.2) is 0 Å². The molecular formula is C26H25FN2O3S. The Labute approximate surface area is 196 Å². The number of nitrogens with zero attached hydrogens (tertiary/aromatic N) is 1. The molecule has 0 saturated heterocycles. The Balaban J connectivity index is 1.61. The van der Waals surface area contributed by atoms with Gasteiger partial charge in [0, 0.05) is 16.8 Å². The van der Waals surface area contributed by atoms with Gasteiger partial charge in [-0.15, -0.1) is 11.3 Å². The molecule has 1 aliphatic rings. The SMILES string of the molecule is CCOC(=O)c1ccc(NC(=O)c2c(N=Cc3cccc(F)c3)sc3c2CC[C@@H](C)C3)cc1. The number of anilines is 1. The second-order valence-corrected chi connectivity index (χ2v) is 9.18. The van der Waals surface area contributed by atoms with Gasteiger partial charge in [0.25, 0.3) is 5.91 Å². The maximum absolute atomic E-state index is 13.5. The minimum atomic E-state index is -0.398. The van der Waals surface area contributed by atoms with Gasteiger partial charge in [-0.05, 0) is 79.6 Å². The highest BCUT2D eigenvalue weighted by Crippen LogP contribution is 2.41. The van der Waals surface area contributed by atoms with Gasteiger partial charge < -0.3 is 10.1 Å². The average Bonchev–Trinajstić information content (AvgIpc) is 3.16. The van der Waals surface area contributed by atoms with Crippen LogP contribution in [0.4, 0.5) is 15.1 Å². The second-order valence-electron chi connectivity index (χ2n) is 8.10. The van der Waals surface area contributed by atoms with Crippen molar-refractivity contribution in [3.63, 3.8) is 0 Å². The van der Waals surface area contributed by atoms with Gasteiger partial charge in [0.05, 0.1) is 17.7 Å². The molecule has 3 aromatic rings. The Kier molecular flexibility index (Phi) is 6.99. The zero-order valence-corrected chi connectivity index (χ0v) is 19.4. The molecule has 0 radical (unpaired) electrons. The number of amides is 1.